The standard InChI is InChI=1S/C66H81N9O20S2/c1-37-43(41-14-16-50(71-51(41)58(81)82)74-19-17-40-44(27-74)42(13-15-47(40)90-5)56(79)72-61-70-46-9-6-7-10-49(46)96-61)26-69-75(37)36-65-31-63(2)30-64(3,32-65)34-66(33-63,35-65)93-24-21-73(20-23-89-4)62(85)92-28-38-11-12-39(94-60-54(78)52(76)53(77)55(95-60)59(83)84)25-48(38)91-22-8-18-68-57(80)45(67)29-97(86,87)88/h6-7,9-16,25-26,45,52-55,60,76-78H,8,17-24,27-36,67H2,1-5H3,(H,68,80)(H,81,82)(H,83,84)(H,70,72,79)(H,86,87,88)/t45?,52-,53-,54+,55-,60+,63?,64?,65?,66?/m0/s1. The van der Waals surface area contributed by atoms with E-state index >= 15 is 0 Å². The van der Waals surface area contributed by atoms with E-state index in [0.717, 1.165) is 65.6 Å². The Hall–Kier alpha value is -8.11. The van der Waals surface area contributed by atoms with Crippen LogP contribution in [0.5, 0.6) is 17.2 Å². The Balaban J connectivity index is 0.754. The van der Waals surface area contributed by atoms with Gasteiger partial charge in [0.1, 0.15) is 54.0 Å². The number of hydrogen-bond donors (Lipinski definition) is 9. The number of methoxy groups -OCH3 is 2. The second-order valence-electron chi connectivity index (χ2n) is 26.8. The first kappa shape index (κ1) is 70.2. The molecule has 522 valence electrons. The van der Waals surface area contributed by atoms with Crippen molar-refractivity contribution in [3.63, 3.8) is 0 Å². The number of rotatable bonds is 28. The molecule has 4 saturated carbocycles. The number of hydrogen-bond acceptors (Lipinski definition) is 23. The van der Waals surface area contributed by atoms with Crippen molar-refractivity contribution in [2.75, 3.05) is 76.2 Å². The number of nitrogens with one attached hydrogen (secondary N) is 2. The number of nitrogens with zero attached hydrogens (tertiary/aromatic N) is 6. The van der Waals surface area contributed by atoms with Crippen LogP contribution in [0.3, 0.4) is 0 Å². The molecule has 2 aliphatic heterocycles. The Kier molecular flexibility index (Phi) is 20.5. The van der Waals surface area contributed by atoms with Gasteiger partial charge < -0.3 is 79.5 Å². The van der Waals surface area contributed by atoms with E-state index in [1.807, 2.05) is 46.8 Å². The van der Waals surface area contributed by atoms with Gasteiger partial charge in [0.25, 0.3) is 16.0 Å². The molecule has 0 spiro atoms. The maximum Gasteiger partial charge on any atom is 0.410 e. The van der Waals surface area contributed by atoms with Gasteiger partial charge in [-0.25, -0.2) is 24.4 Å². The summed E-state index contributed by atoms with van der Waals surface area (Å²) >= 11 is 1.38. The number of anilines is 2. The Morgan fingerprint density at radius 2 is 1.62 bits per heavy atom. The summed E-state index contributed by atoms with van der Waals surface area (Å²) in [5.74, 6) is -3.85. The molecule has 1 saturated heterocycles. The first-order valence-electron chi connectivity index (χ1n) is 31.8. The van der Waals surface area contributed by atoms with Crippen LogP contribution in [0.1, 0.15) is 102 Å². The number of fused-ring (bicyclic) bond motifs is 2. The largest absolute Gasteiger partial charge is 0.496 e. The number of aliphatic carboxylic acids is 1. The molecule has 31 heteroatoms. The third-order valence-corrected chi connectivity index (χ3v) is 20.7. The number of aliphatic hydroxyl groups excluding tert-OH is 3. The van der Waals surface area contributed by atoms with Crippen molar-refractivity contribution in [1.82, 2.24) is 30.0 Å². The van der Waals surface area contributed by atoms with E-state index in [1.165, 1.54) is 41.5 Å². The SMILES string of the molecule is COCCN(CCOC12CC3(C)CC(C)(CC(Cn4ncc(-c5ccc(N6CCc7c(OC)ccc(C(=O)Nc8nc9ccccc9s8)c7C6)nc5C(=O)O)c4C)(C3)C1)C2)C(=O)OCc1ccc(O[C@@H]2O[C@H](C(=O)O)[C@@H](O)[C@H](O)[C@H]2O)cc1OCCCNC(=O)C(N)CS(=O)(=O)O. The number of carbonyl (C=O) groups excluding carboxylic acids is 3. The molecule has 12 rings (SSSR count). The fourth-order valence-electron chi connectivity index (χ4n) is 15.8. The van der Waals surface area contributed by atoms with E-state index in [2.05, 4.69) is 29.5 Å². The average Bonchev–Trinajstić information content (AvgIpc) is 1.05. The molecule has 3 amide bonds. The molecule has 6 aliphatic rings. The van der Waals surface area contributed by atoms with Crippen LogP contribution >= 0.6 is 11.3 Å². The lowest BCUT2D eigenvalue weighted by atomic mass is 9.39. The summed E-state index contributed by atoms with van der Waals surface area (Å²) in [7, 11) is -1.43. The smallest absolute Gasteiger partial charge is 0.410 e. The van der Waals surface area contributed by atoms with Crippen LogP contribution in [0.25, 0.3) is 21.3 Å². The summed E-state index contributed by atoms with van der Waals surface area (Å²) in [4.78, 5) is 78.4. The number of pyridine rings is 1. The van der Waals surface area contributed by atoms with Crippen molar-refractivity contribution in [2.24, 2.45) is 22.0 Å². The number of aromatic carboxylic acids is 1. The molecule has 97 heavy (non-hydrogen) atoms. The Labute approximate surface area is 562 Å². The number of ether oxygens (including phenoxy) is 7. The van der Waals surface area contributed by atoms with Crippen molar-refractivity contribution in [3.05, 3.63) is 107 Å². The second kappa shape index (κ2) is 28.4. The van der Waals surface area contributed by atoms with Crippen molar-refractivity contribution < 1.29 is 95.6 Å². The molecule has 0 radical (unpaired) electrons. The zero-order chi connectivity index (χ0) is 69.4. The van der Waals surface area contributed by atoms with Crippen LogP contribution in [0.2, 0.25) is 0 Å². The number of aromatic nitrogens is 4. The van der Waals surface area contributed by atoms with E-state index in [0.29, 0.717) is 58.5 Å². The van der Waals surface area contributed by atoms with Crippen LogP contribution in [0, 0.1) is 23.2 Å². The zero-order valence-electron chi connectivity index (χ0n) is 54.3. The van der Waals surface area contributed by atoms with Gasteiger partial charge in [-0.15, -0.1) is 0 Å². The van der Waals surface area contributed by atoms with Crippen molar-refractivity contribution in [2.45, 2.75) is 134 Å². The molecule has 4 aliphatic carbocycles. The third kappa shape index (κ3) is 15.6. The number of carbonyl (C=O) groups is 5. The van der Waals surface area contributed by atoms with Crippen LogP contribution in [0.15, 0.2) is 72.9 Å². The Morgan fingerprint density at radius 3 is 2.33 bits per heavy atom. The van der Waals surface area contributed by atoms with Crippen LogP contribution in [-0.2, 0) is 64.8 Å². The average molecular weight is 1380 g/mol. The van der Waals surface area contributed by atoms with Gasteiger partial charge in [-0.1, -0.05) is 37.3 Å². The van der Waals surface area contributed by atoms with Gasteiger partial charge in [0.05, 0.1) is 54.7 Å². The minimum atomic E-state index is -4.53. The highest BCUT2D eigenvalue weighted by Gasteiger charge is 2.66. The summed E-state index contributed by atoms with van der Waals surface area (Å²) in [5, 5.41) is 62.5. The predicted molar refractivity (Wildman–Crippen MR) is 350 cm³/mol. The van der Waals surface area contributed by atoms with E-state index in [9.17, 15) is 57.9 Å². The maximum atomic E-state index is 14.1. The molecular formula is C66H81N9O20S2. The Bertz CT molecular complexity index is 4020. The van der Waals surface area contributed by atoms with Crippen LogP contribution in [-0.4, -0.2) is 201 Å². The lowest BCUT2D eigenvalue weighted by Gasteiger charge is -2.69. The lowest BCUT2D eigenvalue weighted by Crippen LogP contribution is -2.64. The number of para-hydroxylation sites is 1. The van der Waals surface area contributed by atoms with Gasteiger partial charge in [-0.2, -0.15) is 13.5 Å². The summed E-state index contributed by atoms with van der Waals surface area (Å²) in [6, 6.07) is 17.4. The van der Waals surface area contributed by atoms with E-state index in [4.69, 9.17) is 53.5 Å². The summed E-state index contributed by atoms with van der Waals surface area (Å²) < 4.78 is 75.8. The minimum Gasteiger partial charge on any atom is -0.496 e. The molecular weight excluding hydrogens is 1300 g/mol. The minimum absolute atomic E-state index is 0.0409. The second-order valence-corrected chi connectivity index (χ2v) is 29.3. The van der Waals surface area contributed by atoms with Crippen LogP contribution in [0.4, 0.5) is 15.7 Å². The van der Waals surface area contributed by atoms with Gasteiger partial charge in [-0.05, 0) is 129 Å². The number of amides is 3. The number of nitrogens with two attached hydrogens (primary N) is 1. The molecule has 4 bridgehead atoms. The maximum absolute atomic E-state index is 14.1. The number of benzene rings is 3. The third-order valence-electron chi connectivity index (χ3n) is 18.9. The fourth-order valence-corrected chi connectivity index (χ4v) is 17.3. The molecule has 5 heterocycles. The molecule has 10 N–H and O–H groups in total. The van der Waals surface area contributed by atoms with Crippen molar-refractivity contribution in [1.29, 1.82) is 0 Å². The number of thiazole rings is 1. The normalized spacial score (nSPS) is 25.3. The predicted octanol–water partition coefficient (Wildman–Crippen LogP) is 5.18. The van der Waals surface area contributed by atoms with E-state index in [-0.39, 0.29) is 98.4 Å². The quantitative estimate of drug-likeness (QED) is 0.0226. The summed E-state index contributed by atoms with van der Waals surface area (Å²) in [5.41, 5.74) is 9.54. The highest BCUT2D eigenvalue weighted by molar-refractivity contribution is 7.85. The van der Waals surface area contributed by atoms with Gasteiger partial charge in [0.2, 0.25) is 12.2 Å². The van der Waals surface area contributed by atoms with Gasteiger partial charge in [0, 0.05) is 86.0 Å². The molecule has 29 nitrogen and oxygen atoms in total. The van der Waals surface area contributed by atoms with Gasteiger partial charge >= 0.3 is 18.0 Å². The van der Waals surface area contributed by atoms with Crippen LogP contribution < -0.4 is 35.5 Å². The van der Waals surface area contributed by atoms with Gasteiger partial charge in [0.15, 0.2) is 16.9 Å². The zero-order valence-corrected chi connectivity index (χ0v) is 55.9. The number of aliphatic hydroxyl groups is 3. The molecule has 8 atom stereocenters. The Morgan fingerprint density at radius 1 is 0.866 bits per heavy atom. The lowest BCUT2D eigenvalue weighted by molar-refractivity contribution is -0.271. The first-order chi connectivity index (χ1) is 46.1. The highest BCUT2D eigenvalue weighted by atomic mass is 32.2. The molecule has 3 unspecified atom stereocenters. The fraction of sp³-hybridized carbons (Fsp3) is 0.515. The van der Waals surface area contributed by atoms with E-state index in [1.54, 1.807) is 31.5 Å². The number of carboxylic acids is 2. The summed E-state index contributed by atoms with van der Waals surface area (Å²) in [6.07, 6.45) is -2.66. The number of carboxylic acid groups (broad SMARTS) is 2. The first-order valence-corrected chi connectivity index (χ1v) is 34.3. The van der Waals surface area contributed by atoms with Crippen molar-refractivity contribution >= 4 is 72.5 Å². The summed E-state index contributed by atoms with van der Waals surface area (Å²) in [6.45, 7) is 8.01. The van der Waals surface area contributed by atoms with E-state index < -0.39 is 82.2 Å². The van der Waals surface area contributed by atoms with Gasteiger partial charge in [-0.3, -0.25) is 24.1 Å². The molecule has 6 aromatic rings. The molecule has 5 fully saturated rings. The molecule has 3 aromatic heterocycles. The highest BCUT2D eigenvalue weighted by Crippen LogP contribution is 2.72. The molecule has 3 aromatic carbocycles. The monoisotopic (exact) mass is 1380 g/mol. The van der Waals surface area contributed by atoms with Crippen molar-refractivity contribution in [3.8, 4) is 28.4 Å². The topological polar surface area (TPSA) is 406 Å².